The summed E-state index contributed by atoms with van der Waals surface area (Å²) in [5.74, 6) is -2.07. The van der Waals surface area contributed by atoms with Gasteiger partial charge >= 0.3 is 24.3 Å². The number of hydrogen-bond acceptors (Lipinski definition) is 8. The molecule has 2 aromatic rings. The highest BCUT2D eigenvalue weighted by Crippen LogP contribution is 2.43. The van der Waals surface area contributed by atoms with E-state index in [-0.39, 0.29) is 0 Å². The Bertz CT molecular complexity index is 1170. The van der Waals surface area contributed by atoms with Crippen LogP contribution >= 0.6 is 0 Å². The van der Waals surface area contributed by atoms with E-state index in [0.29, 0.717) is 17.2 Å². The Balaban J connectivity index is 0.000000276. The van der Waals surface area contributed by atoms with Gasteiger partial charge in [-0.3, -0.25) is 4.90 Å². The van der Waals surface area contributed by atoms with Crippen molar-refractivity contribution in [2.45, 2.75) is 57.4 Å². The summed E-state index contributed by atoms with van der Waals surface area (Å²) in [6, 6.07) is 2.14. The Morgan fingerprint density at radius 2 is 1.63 bits per heavy atom. The molecule has 1 unspecified atom stereocenters. The van der Waals surface area contributed by atoms with Gasteiger partial charge < -0.3 is 19.8 Å². The predicted octanol–water partition coefficient (Wildman–Crippen LogP) is 3.42. The Kier molecular flexibility index (Phi) is 10.0. The van der Waals surface area contributed by atoms with Crippen molar-refractivity contribution >= 4 is 23.5 Å². The number of carboxylic acid groups (broad SMARTS) is 2. The van der Waals surface area contributed by atoms with Crippen molar-refractivity contribution in [3.63, 3.8) is 0 Å². The summed E-state index contributed by atoms with van der Waals surface area (Å²) < 4.78 is 71.1. The molecule has 2 saturated heterocycles. The number of ether oxygens (including phenoxy) is 1. The van der Waals surface area contributed by atoms with Crippen LogP contribution in [0.1, 0.15) is 38.3 Å². The van der Waals surface area contributed by atoms with Crippen LogP contribution in [0.3, 0.4) is 0 Å². The fourth-order valence-electron chi connectivity index (χ4n) is 4.96. The van der Waals surface area contributed by atoms with E-state index in [9.17, 15) is 26.3 Å². The third-order valence-electron chi connectivity index (χ3n) is 7.02. The summed E-state index contributed by atoms with van der Waals surface area (Å²) in [6.45, 7) is 10.5. The molecule has 230 valence electrons. The van der Waals surface area contributed by atoms with Gasteiger partial charge in [-0.1, -0.05) is 0 Å². The van der Waals surface area contributed by atoms with Crippen molar-refractivity contribution < 1.29 is 50.9 Å². The van der Waals surface area contributed by atoms with Gasteiger partial charge in [-0.25, -0.2) is 14.6 Å². The third kappa shape index (κ3) is 8.64. The highest BCUT2D eigenvalue weighted by atomic mass is 19.4. The first-order valence-corrected chi connectivity index (χ1v) is 12.9. The Hall–Kier alpha value is -3.21. The zero-order chi connectivity index (χ0) is 30.6. The molecule has 2 N–H and O–H groups in total. The first-order chi connectivity index (χ1) is 19.1. The molecule has 1 spiro atoms. The molecule has 4 heterocycles. The molecule has 0 radical (unpaired) electrons. The van der Waals surface area contributed by atoms with Crippen molar-refractivity contribution in [3.05, 3.63) is 18.1 Å². The van der Waals surface area contributed by atoms with E-state index in [1.54, 1.807) is 6.33 Å². The zero-order valence-electron chi connectivity index (χ0n) is 22.5. The first kappa shape index (κ1) is 32.3. The minimum atomic E-state index is -5.08. The number of rotatable bonds is 6. The molecule has 1 saturated carbocycles. The third-order valence-corrected chi connectivity index (χ3v) is 7.02. The molecule has 3 aliphatic rings. The van der Waals surface area contributed by atoms with Gasteiger partial charge in [0.25, 0.3) is 5.78 Å². The number of carbonyl (C=O) groups is 2. The Morgan fingerprint density at radius 3 is 2.15 bits per heavy atom. The minimum Gasteiger partial charge on any atom is -0.475 e. The van der Waals surface area contributed by atoms with E-state index in [1.807, 2.05) is 11.4 Å². The number of alkyl halides is 6. The number of anilines is 1. The second kappa shape index (κ2) is 12.8. The largest absolute Gasteiger partial charge is 0.490 e. The maximum absolute atomic E-state index is 10.6. The molecular weight excluding hydrogens is 566 g/mol. The van der Waals surface area contributed by atoms with Crippen LogP contribution in [0.4, 0.5) is 32.2 Å². The quantitative estimate of drug-likeness (QED) is 0.477. The number of piperidine rings is 1. The number of fused-ring (bicyclic) bond motifs is 1. The molecule has 2 aromatic heterocycles. The van der Waals surface area contributed by atoms with Crippen LogP contribution in [0.25, 0.3) is 5.78 Å². The van der Waals surface area contributed by atoms with E-state index in [0.717, 1.165) is 43.7 Å². The van der Waals surface area contributed by atoms with E-state index < -0.39 is 24.3 Å². The van der Waals surface area contributed by atoms with Gasteiger partial charge in [0, 0.05) is 44.6 Å². The monoisotopic (exact) mass is 598 g/mol. The van der Waals surface area contributed by atoms with Gasteiger partial charge in [-0.2, -0.15) is 40.9 Å². The molecule has 41 heavy (non-hydrogen) atoms. The smallest absolute Gasteiger partial charge is 0.475 e. The average molecular weight is 599 g/mol. The summed E-state index contributed by atoms with van der Waals surface area (Å²) in [4.78, 5) is 31.8. The summed E-state index contributed by atoms with van der Waals surface area (Å²) >= 11 is 0. The lowest BCUT2D eigenvalue weighted by atomic mass is 9.75. The van der Waals surface area contributed by atoms with Crippen LogP contribution in [0.5, 0.6) is 0 Å². The molecule has 3 fully saturated rings. The average Bonchev–Trinajstić information content (AvgIpc) is 3.54. The summed E-state index contributed by atoms with van der Waals surface area (Å²) in [5, 5.41) is 18.6. The number of halogens is 6. The van der Waals surface area contributed by atoms with Crippen LogP contribution < -0.4 is 4.90 Å². The number of likely N-dealkylation sites (tertiary alicyclic amines) is 1. The normalized spacial score (nSPS) is 20.5. The highest BCUT2D eigenvalue weighted by Gasteiger charge is 2.52. The molecule has 2 aliphatic heterocycles. The van der Waals surface area contributed by atoms with Crippen molar-refractivity contribution in [1.29, 1.82) is 0 Å². The lowest BCUT2D eigenvalue weighted by Crippen LogP contribution is -2.73. The number of aromatic nitrogens is 4. The molecule has 17 heteroatoms. The van der Waals surface area contributed by atoms with Crippen molar-refractivity contribution in [3.8, 4) is 0 Å². The molecule has 1 atom stereocenters. The van der Waals surface area contributed by atoms with Crippen LogP contribution in [-0.2, 0) is 14.3 Å². The predicted molar refractivity (Wildman–Crippen MR) is 131 cm³/mol. The van der Waals surface area contributed by atoms with E-state index in [4.69, 9.17) is 24.5 Å². The second-order valence-corrected chi connectivity index (χ2v) is 10.3. The summed E-state index contributed by atoms with van der Waals surface area (Å²) in [7, 11) is 0. The highest BCUT2D eigenvalue weighted by molar-refractivity contribution is 5.73. The van der Waals surface area contributed by atoms with Crippen LogP contribution in [0, 0.1) is 18.8 Å². The number of carboxylic acids is 2. The maximum Gasteiger partial charge on any atom is 0.490 e. The minimum absolute atomic E-state index is 0.298. The molecule has 0 bridgehead atoms. The maximum atomic E-state index is 10.6. The molecule has 0 amide bonds. The molecule has 0 aromatic carbocycles. The summed E-state index contributed by atoms with van der Waals surface area (Å²) in [5.41, 5.74) is 1.30. The first-order valence-electron chi connectivity index (χ1n) is 12.9. The SMILES string of the molecule is CCOCC1CCN(CC2CC2)C2(C1)CN(c1cc(C)nc3ncnn13)C2.O=C(O)C(F)(F)F.O=C(O)C(F)(F)F. The fraction of sp³-hybridized carbons (Fsp3) is 0.708. The van der Waals surface area contributed by atoms with Gasteiger partial charge in [0.2, 0.25) is 0 Å². The van der Waals surface area contributed by atoms with Gasteiger partial charge in [0.05, 0.1) is 5.54 Å². The molecular formula is C24H32F6N6O5. The van der Waals surface area contributed by atoms with Crippen molar-refractivity contribution in [1.82, 2.24) is 24.5 Å². The lowest BCUT2D eigenvalue weighted by Gasteiger charge is -2.60. The number of aryl methyl sites for hydroxylation is 1. The van der Waals surface area contributed by atoms with Gasteiger partial charge in [-0.05, 0) is 57.9 Å². The van der Waals surface area contributed by atoms with Gasteiger partial charge in [-0.15, -0.1) is 0 Å². The standard InChI is InChI=1S/C20H30N6O.2C2HF3O2/c1-3-27-11-17-6-7-25(10-16-4-5-16)20(9-17)12-24(13-20)18-8-15(2)23-19-21-14-22-26(18)19;2*3-2(4,5)1(6)7/h8,14,16-17H,3-7,9-13H2,1-2H3;2*(H,6,7). The molecule has 5 rings (SSSR count). The van der Waals surface area contributed by atoms with Gasteiger partial charge in [0.15, 0.2) is 0 Å². The van der Waals surface area contributed by atoms with Crippen LogP contribution in [-0.4, -0.2) is 104 Å². The topological polar surface area (TPSA) is 133 Å². The lowest BCUT2D eigenvalue weighted by molar-refractivity contribution is -0.193. The van der Waals surface area contributed by atoms with Crippen molar-refractivity contribution in [2.24, 2.45) is 11.8 Å². The van der Waals surface area contributed by atoms with E-state index >= 15 is 0 Å². The molecule has 11 nitrogen and oxygen atoms in total. The summed E-state index contributed by atoms with van der Waals surface area (Å²) in [6.07, 6.45) is -3.21. The van der Waals surface area contributed by atoms with Gasteiger partial charge in [0.1, 0.15) is 12.1 Å². The van der Waals surface area contributed by atoms with E-state index in [2.05, 4.69) is 37.9 Å². The number of aliphatic carboxylic acids is 2. The van der Waals surface area contributed by atoms with Crippen LogP contribution in [0.2, 0.25) is 0 Å². The fourth-order valence-corrected chi connectivity index (χ4v) is 4.96. The second-order valence-electron chi connectivity index (χ2n) is 10.3. The van der Waals surface area contributed by atoms with Crippen molar-refractivity contribution in [2.75, 3.05) is 44.3 Å². The van der Waals surface area contributed by atoms with Crippen LogP contribution in [0.15, 0.2) is 12.4 Å². The zero-order valence-corrected chi connectivity index (χ0v) is 22.5. The number of hydrogen-bond donors (Lipinski definition) is 2. The Morgan fingerprint density at radius 1 is 1.05 bits per heavy atom. The van der Waals surface area contributed by atoms with E-state index in [1.165, 1.54) is 38.8 Å². The molecule has 1 aliphatic carbocycles. The Labute approximate surface area is 231 Å². The number of nitrogens with zero attached hydrogens (tertiary/aromatic N) is 6.